The van der Waals surface area contributed by atoms with E-state index in [1.165, 1.54) is 16.2 Å². The number of rotatable bonds is 9. The third-order valence-corrected chi connectivity index (χ3v) is 5.85. The van der Waals surface area contributed by atoms with E-state index in [0.717, 1.165) is 5.56 Å². The molecule has 0 aromatic carbocycles. The molecular formula is C21H26N4O4S2. The fourth-order valence-electron chi connectivity index (χ4n) is 3.09. The second-order valence-corrected chi connectivity index (χ2v) is 9.24. The van der Waals surface area contributed by atoms with Crippen molar-refractivity contribution in [1.82, 2.24) is 14.3 Å². The summed E-state index contributed by atoms with van der Waals surface area (Å²) in [5, 5.41) is 11.9. The first-order chi connectivity index (χ1) is 14.8. The van der Waals surface area contributed by atoms with Gasteiger partial charge in [0.05, 0.1) is 30.3 Å². The van der Waals surface area contributed by atoms with Crippen molar-refractivity contribution in [1.29, 1.82) is 0 Å². The van der Waals surface area contributed by atoms with Crippen LogP contribution >= 0.6 is 24.0 Å². The lowest BCUT2D eigenvalue weighted by molar-refractivity contribution is -0.122. The van der Waals surface area contributed by atoms with Gasteiger partial charge in [-0.15, -0.1) is 0 Å². The van der Waals surface area contributed by atoms with E-state index in [1.54, 1.807) is 23.2 Å². The Hall–Kier alpha value is -2.27. The Kier molecular flexibility index (Phi) is 7.82. The van der Waals surface area contributed by atoms with Gasteiger partial charge in [0, 0.05) is 19.3 Å². The first kappa shape index (κ1) is 23.4. The Morgan fingerprint density at radius 2 is 2.10 bits per heavy atom. The van der Waals surface area contributed by atoms with Crippen LogP contribution in [0.15, 0.2) is 28.0 Å². The number of nitrogens with zero attached hydrogens (tertiary/aromatic N) is 3. The third kappa shape index (κ3) is 5.51. The monoisotopic (exact) mass is 462 g/mol. The molecule has 166 valence electrons. The van der Waals surface area contributed by atoms with Crippen molar-refractivity contribution in [3.63, 3.8) is 0 Å². The number of thiocarbonyl (C=S) groups is 1. The summed E-state index contributed by atoms with van der Waals surface area (Å²) < 4.78 is 7.24. The minimum Gasteiger partial charge on any atom is -0.394 e. The number of amides is 1. The summed E-state index contributed by atoms with van der Waals surface area (Å²) in [6.07, 6.45) is 3.29. The van der Waals surface area contributed by atoms with Gasteiger partial charge in [-0.05, 0) is 30.5 Å². The summed E-state index contributed by atoms with van der Waals surface area (Å²) in [4.78, 5) is 32.7. The van der Waals surface area contributed by atoms with Gasteiger partial charge in [0.25, 0.3) is 11.5 Å². The van der Waals surface area contributed by atoms with Gasteiger partial charge in [-0.3, -0.25) is 18.9 Å². The average molecular weight is 463 g/mol. The number of hydrogen-bond acceptors (Lipinski definition) is 8. The highest BCUT2D eigenvalue weighted by Gasteiger charge is 2.32. The zero-order valence-electron chi connectivity index (χ0n) is 17.8. The van der Waals surface area contributed by atoms with Crippen LogP contribution in [-0.2, 0) is 9.53 Å². The maximum absolute atomic E-state index is 13.3. The lowest BCUT2D eigenvalue weighted by atomic mass is 10.2. The van der Waals surface area contributed by atoms with Crippen molar-refractivity contribution >= 4 is 51.7 Å². The molecule has 1 aliphatic rings. The van der Waals surface area contributed by atoms with Gasteiger partial charge in [0.15, 0.2) is 0 Å². The molecule has 0 unspecified atom stereocenters. The SMILES string of the molecule is Cc1ccc2nc(NCCOCCO)c(C=C3SC(=S)N(CC(C)C)C3=O)c(=O)n2c1. The zero-order chi connectivity index (χ0) is 22.5. The largest absolute Gasteiger partial charge is 0.394 e. The molecular weight excluding hydrogens is 436 g/mol. The summed E-state index contributed by atoms with van der Waals surface area (Å²) in [7, 11) is 0. The van der Waals surface area contributed by atoms with Crippen molar-refractivity contribution in [2.75, 3.05) is 38.2 Å². The number of aliphatic hydroxyl groups is 1. The number of carbonyl (C=O) groups excluding carboxylic acids is 1. The van der Waals surface area contributed by atoms with Crippen LogP contribution in [0.5, 0.6) is 0 Å². The molecule has 0 bridgehead atoms. The van der Waals surface area contributed by atoms with Crippen LogP contribution in [0.3, 0.4) is 0 Å². The van der Waals surface area contributed by atoms with Crippen LogP contribution in [0, 0.1) is 12.8 Å². The Labute approximate surface area is 190 Å². The van der Waals surface area contributed by atoms with E-state index >= 15 is 0 Å². The molecule has 3 rings (SSSR count). The molecule has 1 amide bonds. The first-order valence-corrected chi connectivity index (χ1v) is 11.2. The van der Waals surface area contributed by atoms with Crippen LogP contribution in [0.25, 0.3) is 11.7 Å². The van der Waals surface area contributed by atoms with Crippen LogP contribution in [0.4, 0.5) is 5.82 Å². The zero-order valence-corrected chi connectivity index (χ0v) is 19.4. The van der Waals surface area contributed by atoms with E-state index in [1.807, 2.05) is 26.8 Å². The topological polar surface area (TPSA) is 96.2 Å². The maximum Gasteiger partial charge on any atom is 0.267 e. The Morgan fingerprint density at radius 3 is 2.81 bits per heavy atom. The van der Waals surface area contributed by atoms with Gasteiger partial charge in [-0.2, -0.15) is 0 Å². The van der Waals surface area contributed by atoms with Crippen LogP contribution in [0.2, 0.25) is 0 Å². The number of aryl methyl sites for hydroxylation is 1. The highest BCUT2D eigenvalue weighted by molar-refractivity contribution is 8.26. The minimum atomic E-state index is -0.276. The number of pyridine rings is 1. The van der Waals surface area contributed by atoms with Gasteiger partial charge in [-0.1, -0.05) is 43.9 Å². The number of carbonyl (C=O) groups is 1. The lowest BCUT2D eigenvalue weighted by Gasteiger charge is -2.16. The van der Waals surface area contributed by atoms with Gasteiger partial charge >= 0.3 is 0 Å². The molecule has 2 N–H and O–H groups in total. The number of ether oxygens (including phenoxy) is 1. The highest BCUT2D eigenvalue weighted by Crippen LogP contribution is 2.33. The van der Waals surface area contributed by atoms with Crippen molar-refractivity contribution in [3.8, 4) is 0 Å². The molecule has 0 aliphatic carbocycles. The Balaban J connectivity index is 2.00. The quantitative estimate of drug-likeness (QED) is 0.333. The summed E-state index contributed by atoms with van der Waals surface area (Å²) in [5.74, 6) is 0.444. The molecule has 0 spiro atoms. The fourth-order valence-corrected chi connectivity index (χ4v) is 4.34. The van der Waals surface area contributed by atoms with Gasteiger partial charge in [0.2, 0.25) is 0 Å². The molecule has 8 nitrogen and oxygen atoms in total. The molecule has 2 aromatic rings. The Bertz CT molecular complexity index is 1080. The van der Waals surface area contributed by atoms with Crippen molar-refractivity contribution in [2.45, 2.75) is 20.8 Å². The maximum atomic E-state index is 13.3. The van der Waals surface area contributed by atoms with Gasteiger partial charge < -0.3 is 15.2 Å². The van der Waals surface area contributed by atoms with E-state index in [-0.39, 0.29) is 36.2 Å². The predicted molar refractivity (Wildman–Crippen MR) is 127 cm³/mol. The van der Waals surface area contributed by atoms with Crippen molar-refractivity contribution in [3.05, 3.63) is 44.7 Å². The molecule has 2 aromatic heterocycles. The smallest absolute Gasteiger partial charge is 0.267 e. The molecule has 1 fully saturated rings. The molecule has 10 heteroatoms. The summed E-state index contributed by atoms with van der Waals surface area (Å²) in [6.45, 7) is 7.38. The molecule has 3 heterocycles. The number of nitrogens with one attached hydrogen (secondary N) is 1. The van der Waals surface area contributed by atoms with Gasteiger partial charge in [0.1, 0.15) is 15.8 Å². The van der Waals surface area contributed by atoms with E-state index in [4.69, 9.17) is 22.1 Å². The molecule has 31 heavy (non-hydrogen) atoms. The minimum absolute atomic E-state index is 0.0571. The van der Waals surface area contributed by atoms with Crippen LogP contribution < -0.4 is 10.9 Å². The summed E-state index contributed by atoms with van der Waals surface area (Å²) in [5.41, 5.74) is 1.43. The van der Waals surface area contributed by atoms with E-state index in [2.05, 4.69) is 10.3 Å². The number of anilines is 1. The predicted octanol–water partition coefficient (Wildman–Crippen LogP) is 2.28. The molecule has 0 atom stereocenters. The van der Waals surface area contributed by atoms with E-state index in [0.29, 0.717) is 40.4 Å². The third-order valence-electron chi connectivity index (χ3n) is 4.48. The highest BCUT2D eigenvalue weighted by atomic mass is 32.2. The van der Waals surface area contributed by atoms with Gasteiger partial charge in [-0.25, -0.2) is 4.98 Å². The van der Waals surface area contributed by atoms with Crippen molar-refractivity contribution in [2.24, 2.45) is 5.92 Å². The number of hydrogen-bond donors (Lipinski definition) is 2. The number of aromatic nitrogens is 2. The Morgan fingerprint density at radius 1 is 1.32 bits per heavy atom. The standard InChI is InChI=1S/C21H26N4O4S2/c1-13(2)11-25-20(28)16(31-21(25)30)10-15-18(22-6-8-29-9-7-26)23-17-5-4-14(3)12-24(17)19(15)27/h4-5,10,12-13,22,26H,6-9,11H2,1-3H3. The second-order valence-electron chi connectivity index (χ2n) is 7.56. The average Bonchev–Trinajstić information content (AvgIpc) is 2.98. The van der Waals surface area contributed by atoms with E-state index in [9.17, 15) is 9.59 Å². The molecule has 0 radical (unpaired) electrons. The normalized spacial score (nSPS) is 15.6. The van der Waals surface area contributed by atoms with Crippen LogP contribution in [0.1, 0.15) is 25.0 Å². The second kappa shape index (κ2) is 10.4. The number of thioether (sulfide) groups is 1. The fraction of sp³-hybridized carbons (Fsp3) is 0.429. The lowest BCUT2D eigenvalue weighted by Crippen LogP contribution is -2.31. The summed E-state index contributed by atoms with van der Waals surface area (Å²) in [6, 6.07) is 3.66. The molecule has 1 saturated heterocycles. The molecule has 1 aliphatic heterocycles. The molecule has 0 saturated carbocycles. The summed E-state index contributed by atoms with van der Waals surface area (Å²) >= 11 is 6.57. The van der Waals surface area contributed by atoms with E-state index < -0.39 is 0 Å². The number of aliphatic hydroxyl groups excluding tert-OH is 1. The number of fused-ring (bicyclic) bond motifs is 1. The first-order valence-electron chi connectivity index (χ1n) is 10.0. The van der Waals surface area contributed by atoms with Crippen molar-refractivity contribution < 1.29 is 14.6 Å². The van der Waals surface area contributed by atoms with Crippen LogP contribution in [-0.4, -0.2) is 62.5 Å².